The molecular weight excluding hydrogens is 216 g/mol. The second kappa shape index (κ2) is 4.27. The van der Waals surface area contributed by atoms with Crippen molar-refractivity contribution in [1.29, 1.82) is 0 Å². The Balaban J connectivity index is 2.02. The van der Waals surface area contributed by atoms with Gasteiger partial charge in [0.05, 0.1) is 6.04 Å². The molecule has 0 spiro atoms. The molecule has 1 aliphatic rings. The fourth-order valence-corrected chi connectivity index (χ4v) is 2.53. The van der Waals surface area contributed by atoms with Gasteiger partial charge in [-0.15, -0.1) is 5.10 Å². The summed E-state index contributed by atoms with van der Waals surface area (Å²) in [4.78, 5) is 8.19. The Morgan fingerprint density at radius 2 is 1.88 bits per heavy atom. The Labute approximate surface area is 99.2 Å². The van der Waals surface area contributed by atoms with E-state index in [1.807, 2.05) is 4.68 Å². The Hall–Kier alpha value is -1.72. The van der Waals surface area contributed by atoms with Crippen molar-refractivity contribution in [2.45, 2.75) is 44.6 Å². The molecule has 0 aliphatic heterocycles. The summed E-state index contributed by atoms with van der Waals surface area (Å²) >= 11 is 0. The lowest BCUT2D eigenvalue weighted by Gasteiger charge is -2.13. The molecule has 17 heavy (non-hydrogen) atoms. The van der Waals surface area contributed by atoms with Gasteiger partial charge in [0.15, 0.2) is 17.0 Å². The van der Waals surface area contributed by atoms with Crippen LogP contribution in [0, 0.1) is 0 Å². The molecule has 0 radical (unpaired) electrons. The average Bonchev–Trinajstić information content (AvgIpc) is 2.59. The number of nitrogens with two attached hydrogens (primary N) is 1. The minimum atomic E-state index is 0.412. The monoisotopic (exact) mass is 232 g/mol. The first kappa shape index (κ1) is 10.4. The molecule has 2 aromatic heterocycles. The molecule has 0 aromatic carbocycles. The van der Waals surface area contributed by atoms with Gasteiger partial charge < -0.3 is 5.73 Å². The summed E-state index contributed by atoms with van der Waals surface area (Å²) in [5, 5.41) is 8.29. The molecular formula is C11H16N6. The molecule has 2 aromatic rings. The number of nitrogen functional groups attached to an aromatic ring is 1. The number of rotatable bonds is 1. The van der Waals surface area contributed by atoms with Crippen molar-refractivity contribution in [3.05, 3.63) is 6.33 Å². The van der Waals surface area contributed by atoms with Crippen molar-refractivity contribution in [2.75, 3.05) is 5.73 Å². The smallest absolute Gasteiger partial charge is 0.184 e. The van der Waals surface area contributed by atoms with Gasteiger partial charge in [0.1, 0.15) is 6.33 Å². The summed E-state index contributed by atoms with van der Waals surface area (Å²) in [6.45, 7) is 0. The zero-order valence-electron chi connectivity index (χ0n) is 9.71. The van der Waals surface area contributed by atoms with E-state index in [0.29, 0.717) is 17.4 Å². The van der Waals surface area contributed by atoms with E-state index >= 15 is 0 Å². The van der Waals surface area contributed by atoms with Crippen molar-refractivity contribution in [3.8, 4) is 0 Å². The number of aromatic nitrogens is 5. The zero-order valence-corrected chi connectivity index (χ0v) is 9.71. The quantitative estimate of drug-likeness (QED) is 0.756. The fraction of sp³-hybridized carbons (Fsp3) is 0.636. The summed E-state index contributed by atoms with van der Waals surface area (Å²) in [5.41, 5.74) is 7.15. The van der Waals surface area contributed by atoms with E-state index in [9.17, 15) is 0 Å². The van der Waals surface area contributed by atoms with E-state index in [-0.39, 0.29) is 0 Å². The van der Waals surface area contributed by atoms with Gasteiger partial charge in [-0.3, -0.25) is 0 Å². The first-order valence-electron chi connectivity index (χ1n) is 6.17. The molecule has 2 N–H and O–H groups in total. The summed E-state index contributed by atoms with van der Waals surface area (Å²) in [5.74, 6) is 0.412. The topological polar surface area (TPSA) is 82.5 Å². The highest BCUT2D eigenvalue weighted by molar-refractivity contribution is 5.80. The number of hydrogen-bond acceptors (Lipinski definition) is 5. The Morgan fingerprint density at radius 3 is 2.65 bits per heavy atom. The number of hydrogen-bond donors (Lipinski definition) is 1. The normalized spacial score (nSPS) is 18.4. The van der Waals surface area contributed by atoms with Gasteiger partial charge >= 0.3 is 0 Å². The highest BCUT2D eigenvalue weighted by atomic mass is 15.5. The largest absolute Gasteiger partial charge is 0.382 e. The molecule has 0 atom stereocenters. The first-order chi connectivity index (χ1) is 8.36. The minimum absolute atomic E-state index is 0.412. The third-order valence-electron chi connectivity index (χ3n) is 3.46. The van der Waals surface area contributed by atoms with E-state index in [1.54, 1.807) is 0 Å². The van der Waals surface area contributed by atoms with Crippen LogP contribution in [0.3, 0.4) is 0 Å². The molecule has 3 rings (SSSR count). The minimum Gasteiger partial charge on any atom is -0.382 e. The molecule has 90 valence electrons. The summed E-state index contributed by atoms with van der Waals surface area (Å²) < 4.78 is 1.93. The number of anilines is 1. The van der Waals surface area contributed by atoms with Crippen LogP contribution in [0.15, 0.2) is 6.33 Å². The summed E-state index contributed by atoms with van der Waals surface area (Å²) in [6, 6.07) is 0.414. The molecule has 6 heteroatoms. The molecule has 2 heterocycles. The zero-order chi connectivity index (χ0) is 11.7. The molecule has 0 unspecified atom stereocenters. The van der Waals surface area contributed by atoms with Crippen LogP contribution in [-0.2, 0) is 0 Å². The lowest BCUT2D eigenvalue weighted by atomic mass is 10.1. The molecule has 1 fully saturated rings. The third-order valence-corrected chi connectivity index (χ3v) is 3.46. The molecule has 0 bridgehead atoms. The molecule has 1 aliphatic carbocycles. The maximum Gasteiger partial charge on any atom is 0.184 e. The Morgan fingerprint density at radius 1 is 1.12 bits per heavy atom. The highest BCUT2D eigenvalue weighted by Gasteiger charge is 2.19. The van der Waals surface area contributed by atoms with Crippen molar-refractivity contribution in [2.24, 2.45) is 0 Å². The van der Waals surface area contributed by atoms with Crippen LogP contribution in [0.2, 0.25) is 0 Å². The van der Waals surface area contributed by atoms with Gasteiger partial charge in [-0.2, -0.15) is 0 Å². The molecule has 6 nitrogen and oxygen atoms in total. The Kier molecular flexibility index (Phi) is 2.62. The van der Waals surface area contributed by atoms with Gasteiger partial charge in [-0.1, -0.05) is 30.9 Å². The second-order valence-electron chi connectivity index (χ2n) is 4.61. The predicted molar refractivity (Wildman–Crippen MR) is 64.3 cm³/mol. The van der Waals surface area contributed by atoms with Crippen LogP contribution in [0.5, 0.6) is 0 Å². The maximum absolute atomic E-state index is 5.76. The van der Waals surface area contributed by atoms with Crippen LogP contribution >= 0.6 is 0 Å². The van der Waals surface area contributed by atoms with Crippen LogP contribution in [-0.4, -0.2) is 25.0 Å². The molecule has 1 saturated carbocycles. The van der Waals surface area contributed by atoms with E-state index in [2.05, 4.69) is 20.3 Å². The Bertz CT molecular complexity index is 512. The standard InChI is InChI=1S/C11H16N6/c12-10-9-11(14-7-13-10)17(16-15-9)8-5-3-1-2-4-6-8/h7-8H,1-6H2,(H2,12,13,14). The van der Waals surface area contributed by atoms with Gasteiger partial charge in [0.25, 0.3) is 0 Å². The van der Waals surface area contributed by atoms with Crippen molar-refractivity contribution >= 4 is 17.0 Å². The highest BCUT2D eigenvalue weighted by Crippen LogP contribution is 2.28. The number of fused-ring (bicyclic) bond motifs is 1. The van der Waals surface area contributed by atoms with E-state index in [0.717, 1.165) is 18.5 Å². The number of nitrogens with zero attached hydrogens (tertiary/aromatic N) is 5. The van der Waals surface area contributed by atoms with Crippen LogP contribution in [0.4, 0.5) is 5.82 Å². The fourth-order valence-electron chi connectivity index (χ4n) is 2.53. The van der Waals surface area contributed by atoms with Gasteiger partial charge in [-0.05, 0) is 12.8 Å². The van der Waals surface area contributed by atoms with Crippen LogP contribution in [0.1, 0.15) is 44.6 Å². The molecule has 0 amide bonds. The SMILES string of the molecule is Nc1ncnc2c1nnn2C1CCCCCC1. The van der Waals surface area contributed by atoms with Gasteiger partial charge in [-0.25, -0.2) is 14.6 Å². The van der Waals surface area contributed by atoms with Crippen LogP contribution < -0.4 is 5.73 Å². The first-order valence-corrected chi connectivity index (χ1v) is 6.17. The molecule has 0 saturated heterocycles. The third kappa shape index (κ3) is 1.83. The lowest BCUT2D eigenvalue weighted by molar-refractivity contribution is 0.405. The maximum atomic E-state index is 5.76. The lowest BCUT2D eigenvalue weighted by Crippen LogP contribution is -2.10. The van der Waals surface area contributed by atoms with Crippen molar-refractivity contribution < 1.29 is 0 Å². The summed E-state index contributed by atoms with van der Waals surface area (Å²) in [6.07, 6.45) is 8.94. The van der Waals surface area contributed by atoms with Crippen molar-refractivity contribution in [3.63, 3.8) is 0 Å². The summed E-state index contributed by atoms with van der Waals surface area (Å²) in [7, 11) is 0. The van der Waals surface area contributed by atoms with E-state index < -0.39 is 0 Å². The van der Waals surface area contributed by atoms with Gasteiger partial charge in [0.2, 0.25) is 0 Å². The predicted octanol–water partition coefficient (Wildman–Crippen LogP) is 1.70. The second-order valence-corrected chi connectivity index (χ2v) is 4.61. The van der Waals surface area contributed by atoms with Gasteiger partial charge in [0, 0.05) is 0 Å². The van der Waals surface area contributed by atoms with E-state index in [4.69, 9.17) is 5.73 Å². The van der Waals surface area contributed by atoms with Crippen LogP contribution in [0.25, 0.3) is 11.2 Å². The average molecular weight is 232 g/mol. The van der Waals surface area contributed by atoms with Crippen molar-refractivity contribution in [1.82, 2.24) is 25.0 Å². The van der Waals surface area contributed by atoms with E-state index in [1.165, 1.54) is 32.0 Å².